The SMILES string of the molecule is CCC[C@]12c3c4ccc(OC)c3OC1C(O)C=CC2C(NC)C4. The summed E-state index contributed by atoms with van der Waals surface area (Å²) in [6, 6.07) is 4.53. The van der Waals surface area contributed by atoms with Gasteiger partial charge in [-0.3, -0.25) is 0 Å². The Morgan fingerprint density at radius 2 is 2.22 bits per heavy atom. The van der Waals surface area contributed by atoms with E-state index >= 15 is 0 Å². The number of ether oxygens (including phenoxy) is 2. The molecule has 0 radical (unpaired) electrons. The number of hydrogen-bond donors (Lipinski definition) is 2. The molecule has 124 valence electrons. The zero-order valence-corrected chi connectivity index (χ0v) is 14.0. The van der Waals surface area contributed by atoms with Gasteiger partial charge in [0, 0.05) is 22.9 Å². The molecule has 0 fully saturated rings. The van der Waals surface area contributed by atoms with Crippen molar-refractivity contribution < 1.29 is 14.6 Å². The van der Waals surface area contributed by atoms with Gasteiger partial charge in [-0.2, -0.15) is 0 Å². The van der Waals surface area contributed by atoms with Gasteiger partial charge < -0.3 is 19.9 Å². The van der Waals surface area contributed by atoms with E-state index in [0.717, 1.165) is 30.8 Å². The van der Waals surface area contributed by atoms with Crippen LogP contribution >= 0.6 is 0 Å². The topological polar surface area (TPSA) is 50.7 Å². The lowest BCUT2D eigenvalue weighted by Crippen LogP contribution is -2.59. The third-order valence-corrected chi connectivity index (χ3v) is 5.97. The van der Waals surface area contributed by atoms with E-state index in [1.165, 1.54) is 11.1 Å². The Morgan fingerprint density at radius 1 is 1.39 bits per heavy atom. The molecular formula is C19H25NO3. The Kier molecular flexibility index (Phi) is 3.43. The van der Waals surface area contributed by atoms with Gasteiger partial charge in [0.05, 0.1) is 7.11 Å². The maximum absolute atomic E-state index is 10.6. The van der Waals surface area contributed by atoms with Gasteiger partial charge in [0.1, 0.15) is 12.2 Å². The average Bonchev–Trinajstić information content (AvgIpc) is 2.91. The molecule has 23 heavy (non-hydrogen) atoms. The number of likely N-dealkylation sites (N-methyl/N-ethyl adjacent to an activating group) is 1. The van der Waals surface area contributed by atoms with Crippen molar-refractivity contribution in [3.05, 3.63) is 35.4 Å². The fraction of sp³-hybridized carbons (Fsp3) is 0.579. The van der Waals surface area contributed by atoms with E-state index < -0.39 is 6.10 Å². The summed E-state index contributed by atoms with van der Waals surface area (Å²) in [5, 5.41) is 14.1. The Morgan fingerprint density at radius 3 is 2.91 bits per heavy atom. The first-order valence-electron chi connectivity index (χ1n) is 8.58. The summed E-state index contributed by atoms with van der Waals surface area (Å²) in [5.74, 6) is 1.97. The average molecular weight is 315 g/mol. The first-order chi connectivity index (χ1) is 11.2. The van der Waals surface area contributed by atoms with Gasteiger partial charge in [-0.25, -0.2) is 0 Å². The van der Waals surface area contributed by atoms with Crippen molar-refractivity contribution >= 4 is 0 Å². The van der Waals surface area contributed by atoms with Crippen molar-refractivity contribution in [2.45, 2.75) is 49.9 Å². The Labute approximate surface area is 137 Å². The number of benzene rings is 1. The van der Waals surface area contributed by atoms with Crippen LogP contribution in [0.2, 0.25) is 0 Å². The minimum Gasteiger partial charge on any atom is -0.493 e. The summed E-state index contributed by atoms with van der Waals surface area (Å²) >= 11 is 0. The highest BCUT2D eigenvalue weighted by molar-refractivity contribution is 5.61. The number of nitrogens with one attached hydrogen (secondary N) is 1. The summed E-state index contributed by atoms with van der Waals surface area (Å²) in [4.78, 5) is 0. The molecule has 1 aromatic carbocycles. The number of aliphatic hydroxyl groups excluding tert-OH is 1. The van der Waals surface area contributed by atoms with Gasteiger partial charge in [0.15, 0.2) is 11.5 Å². The van der Waals surface area contributed by atoms with Crippen LogP contribution in [0.1, 0.15) is 30.9 Å². The highest BCUT2D eigenvalue weighted by Crippen LogP contribution is 2.60. The maximum Gasteiger partial charge on any atom is 0.165 e. The molecule has 4 nitrogen and oxygen atoms in total. The van der Waals surface area contributed by atoms with Crippen LogP contribution < -0.4 is 14.8 Å². The van der Waals surface area contributed by atoms with Gasteiger partial charge in [0.25, 0.3) is 0 Å². The minimum absolute atomic E-state index is 0.159. The zero-order valence-electron chi connectivity index (χ0n) is 14.0. The van der Waals surface area contributed by atoms with E-state index in [1.807, 2.05) is 19.2 Å². The molecular weight excluding hydrogens is 290 g/mol. The van der Waals surface area contributed by atoms with Gasteiger partial charge >= 0.3 is 0 Å². The van der Waals surface area contributed by atoms with Crippen LogP contribution in [0.4, 0.5) is 0 Å². The molecule has 0 spiro atoms. The third kappa shape index (κ3) is 1.79. The Balaban J connectivity index is 2.00. The lowest BCUT2D eigenvalue weighted by atomic mass is 9.55. The van der Waals surface area contributed by atoms with Crippen LogP contribution in [0.25, 0.3) is 0 Å². The Bertz CT molecular complexity index is 656. The van der Waals surface area contributed by atoms with Crippen molar-refractivity contribution in [1.29, 1.82) is 0 Å². The number of methoxy groups -OCH3 is 1. The van der Waals surface area contributed by atoms with E-state index in [0.29, 0.717) is 12.0 Å². The fourth-order valence-corrected chi connectivity index (χ4v) is 5.16. The molecule has 1 aromatic rings. The molecule has 0 saturated carbocycles. The summed E-state index contributed by atoms with van der Waals surface area (Å²) in [5.41, 5.74) is 2.45. The minimum atomic E-state index is -0.571. The lowest BCUT2D eigenvalue weighted by molar-refractivity contribution is -0.00689. The molecule has 1 heterocycles. The van der Waals surface area contributed by atoms with Crippen molar-refractivity contribution in [3.8, 4) is 11.5 Å². The van der Waals surface area contributed by atoms with Gasteiger partial charge in [-0.05, 0) is 31.5 Å². The summed E-state index contributed by atoms with van der Waals surface area (Å²) in [7, 11) is 3.71. The smallest absolute Gasteiger partial charge is 0.165 e. The number of aliphatic hydroxyl groups is 1. The van der Waals surface area contributed by atoms with E-state index in [1.54, 1.807) is 7.11 Å². The highest BCUT2D eigenvalue weighted by Gasteiger charge is 2.61. The van der Waals surface area contributed by atoms with Gasteiger partial charge in [0.2, 0.25) is 0 Å². The molecule has 4 heteroatoms. The third-order valence-electron chi connectivity index (χ3n) is 5.97. The summed E-state index contributed by atoms with van der Waals surface area (Å²) < 4.78 is 11.9. The van der Waals surface area contributed by atoms with Crippen LogP contribution in [-0.4, -0.2) is 37.5 Å². The van der Waals surface area contributed by atoms with Crippen LogP contribution in [0, 0.1) is 5.92 Å². The normalized spacial score (nSPS) is 36.5. The maximum atomic E-state index is 10.6. The van der Waals surface area contributed by atoms with Crippen molar-refractivity contribution in [3.63, 3.8) is 0 Å². The Hall–Kier alpha value is -1.52. The second-order valence-corrected chi connectivity index (χ2v) is 6.96. The summed E-state index contributed by atoms with van der Waals surface area (Å²) in [6.45, 7) is 2.21. The quantitative estimate of drug-likeness (QED) is 0.836. The largest absolute Gasteiger partial charge is 0.493 e. The molecule has 5 atom stereocenters. The van der Waals surface area contributed by atoms with E-state index in [-0.39, 0.29) is 11.5 Å². The standard InChI is InChI=1S/C19H25NO3/c1-4-9-19-12-6-7-14(21)18(19)23-17-15(22-3)8-5-11(16(17)19)10-13(12)20-2/h5-8,12-14,18,20-21H,4,9-10H2,1-3H3/t12?,13?,14?,18?,19-/m0/s1. The monoisotopic (exact) mass is 315 g/mol. The molecule has 2 N–H and O–H groups in total. The van der Waals surface area contributed by atoms with E-state index in [4.69, 9.17) is 9.47 Å². The van der Waals surface area contributed by atoms with Crippen molar-refractivity contribution in [2.24, 2.45) is 5.92 Å². The van der Waals surface area contributed by atoms with Crippen molar-refractivity contribution in [1.82, 2.24) is 5.32 Å². The highest BCUT2D eigenvalue weighted by atomic mass is 16.5. The molecule has 0 saturated heterocycles. The molecule has 2 aliphatic carbocycles. The molecule has 4 rings (SSSR count). The van der Waals surface area contributed by atoms with E-state index in [2.05, 4.69) is 24.4 Å². The summed E-state index contributed by atoms with van der Waals surface area (Å²) in [6.07, 6.45) is 6.38. The molecule has 1 aliphatic heterocycles. The zero-order chi connectivity index (χ0) is 16.2. The van der Waals surface area contributed by atoms with Gasteiger partial charge in [-0.1, -0.05) is 31.6 Å². The first kappa shape index (κ1) is 15.0. The number of rotatable bonds is 4. The molecule has 4 unspecified atom stereocenters. The van der Waals surface area contributed by atoms with Crippen LogP contribution in [-0.2, 0) is 11.8 Å². The molecule has 0 amide bonds. The predicted octanol–water partition coefficient (Wildman–Crippen LogP) is 2.19. The van der Waals surface area contributed by atoms with Crippen LogP contribution in [0.15, 0.2) is 24.3 Å². The lowest BCUT2D eigenvalue weighted by Gasteiger charge is -2.50. The van der Waals surface area contributed by atoms with Gasteiger partial charge in [-0.15, -0.1) is 0 Å². The number of hydrogen-bond acceptors (Lipinski definition) is 4. The first-order valence-corrected chi connectivity index (χ1v) is 8.58. The molecule has 0 bridgehead atoms. The van der Waals surface area contributed by atoms with Crippen LogP contribution in [0.3, 0.4) is 0 Å². The fourth-order valence-electron chi connectivity index (χ4n) is 5.16. The van der Waals surface area contributed by atoms with Crippen molar-refractivity contribution in [2.75, 3.05) is 14.2 Å². The predicted molar refractivity (Wildman–Crippen MR) is 89.2 cm³/mol. The molecule has 0 aromatic heterocycles. The molecule has 3 aliphatic rings. The second-order valence-electron chi connectivity index (χ2n) is 6.96. The van der Waals surface area contributed by atoms with E-state index in [9.17, 15) is 5.11 Å². The second kappa shape index (κ2) is 5.25. The van der Waals surface area contributed by atoms with Crippen LogP contribution in [0.5, 0.6) is 11.5 Å².